The molecule has 0 N–H and O–H groups in total. The zero-order valence-corrected chi connectivity index (χ0v) is 14.0. The fourth-order valence-corrected chi connectivity index (χ4v) is 2.76. The van der Waals surface area contributed by atoms with Crippen LogP contribution in [-0.2, 0) is 5.41 Å². The second-order valence-corrected chi connectivity index (χ2v) is 7.01. The molecule has 4 aromatic rings. The van der Waals surface area contributed by atoms with Crippen molar-refractivity contribution in [3.8, 4) is 22.8 Å². The van der Waals surface area contributed by atoms with E-state index in [1.807, 2.05) is 30.3 Å². The maximum Gasteiger partial charge on any atom is 0.227 e. The Bertz CT molecular complexity index is 971. The van der Waals surface area contributed by atoms with Crippen LogP contribution < -0.4 is 0 Å². The van der Waals surface area contributed by atoms with Crippen molar-refractivity contribution < 1.29 is 8.83 Å². The highest BCUT2D eigenvalue weighted by Crippen LogP contribution is 2.30. The van der Waals surface area contributed by atoms with E-state index < -0.39 is 0 Å². The van der Waals surface area contributed by atoms with E-state index in [0.717, 1.165) is 28.0 Å². The maximum absolute atomic E-state index is 5.91. The molecule has 0 saturated heterocycles. The van der Waals surface area contributed by atoms with Gasteiger partial charge >= 0.3 is 0 Å². The van der Waals surface area contributed by atoms with Crippen LogP contribution in [0.5, 0.6) is 0 Å². The van der Waals surface area contributed by atoms with E-state index in [-0.39, 0.29) is 5.41 Å². The van der Waals surface area contributed by atoms with E-state index in [2.05, 4.69) is 50.0 Å². The molecule has 0 fully saturated rings. The fourth-order valence-electron chi connectivity index (χ4n) is 2.76. The summed E-state index contributed by atoms with van der Waals surface area (Å²) >= 11 is 0. The molecular formula is C21H19NO2. The van der Waals surface area contributed by atoms with E-state index in [0.29, 0.717) is 5.89 Å². The van der Waals surface area contributed by atoms with Crippen molar-refractivity contribution >= 4 is 11.1 Å². The molecule has 4 rings (SSSR count). The van der Waals surface area contributed by atoms with Crippen molar-refractivity contribution in [2.45, 2.75) is 26.2 Å². The molecule has 0 spiro atoms. The number of rotatable bonds is 2. The van der Waals surface area contributed by atoms with Gasteiger partial charge in [0.15, 0.2) is 5.58 Å². The van der Waals surface area contributed by atoms with Gasteiger partial charge in [0.05, 0.1) is 6.26 Å². The summed E-state index contributed by atoms with van der Waals surface area (Å²) in [5, 5.41) is 0. The highest BCUT2D eigenvalue weighted by Gasteiger charge is 2.15. The molecular weight excluding hydrogens is 298 g/mol. The van der Waals surface area contributed by atoms with Gasteiger partial charge in [0, 0.05) is 11.1 Å². The van der Waals surface area contributed by atoms with Gasteiger partial charge in [0.2, 0.25) is 5.89 Å². The first-order valence-corrected chi connectivity index (χ1v) is 8.06. The molecule has 0 bridgehead atoms. The standard InChI is InChI=1S/C21H19NO2/c1-21(2,3)16-9-6-14(7-10-16)20-22-17-13-15(8-11-19(17)24-20)18-5-4-12-23-18/h4-13H,1-3H3. The van der Waals surface area contributed by atoms with Gasteiger partial charge in [0.1, 0.15) is 11.3 Å². The van der Waals surface area contributed by atoms with Gasteiger partial charge in [-0.1, -0.05) is 32.9 Å². The van der Waals surface area contributed by atoms with Crippen molar-refractivity contribution in [1.29, 1.82) is 0 Å². The predicted octanol–water partition coefficient (Wildman–Crippen LogP) is 6.05. The fraction of sp³-hybridized carbons (Fsp3) is 0.190. The molecule has 0 radical (unpaired) electrons. The lowest BCUT2D eigenvalue weighted by molar-refractivity contribution is 0.582. The van der Waals surface area contributed by atoms with Crippen LogP contribution in [0.15, 0.2) is 69.7 Å². The third-order valence-corrected chi connectivity index (χ3v) is 4.19. The van der Waals surface area contributed by atoms with Crippen LogP contribution in [0, 0.1) is 0 Å². The largest absolute Gasteiger partial charge is 0.464 e. The number of furan rings is 1. The zero-order chi connectivity index (χ0) is 16.7. The maximum atomic E-state index is 5.91. The van der Waals surface area contributed by atoms with E-state index in [9.17, 15) is 0 Å². The summed E-state index contributed by atoms with van der Waals surface area (Å²) < 4.78 is 11.4. The molecule has 0 amide bonds. The highest BCUT2D eigenvalue weighted by atomic mass is 16.3. The molecule has 24 heavy (non-hydrogen) atoms. The quantitative estimate of drug-likeness (QED) is 0.451. The zero-order valence-electron chi connectivity index (χ0n) is 14.0. The van der Waals surface area contributed by atoms with E-state index in [4.69, 9.17) is 8.83 Å². The smallest absolute Gasteiger partial charge is 0.227 e. The minimum atomic E-state index is 0.137. The van der Waals surface area contributed by atoms with Crippen molar-refractivity contribution in [2.24, 2.45) is 0 Å². The molecule has 0 aliphatic heterocycles. The molecule has 2 aromatic carbocycles. The molecule has 0 saturated carbocycles. The molecule has 0 atom stereocenters. The summed E-state index contributed by atoms with van der Waals surface area (Å²) in [5.41, 5.74) is 5.02. The van der Waals surface area contributed by atoms with Crippen LogP contribution in [0.4, 0.5) is 0 Å². The number of hydrogen-bond acceptors (Lipinski definition) is 3. The number of hydrogen-bond donors (Lipinski definition) is 0. The van der Waals surface area contributed by atoms with Crippen molar-refractivity contribution in [1.82, 2.24) is 4.98 Å². The van der Waals surface area contributed by atoms with Gasteiger partial charge in [-0.15, -0.1) is 0 Å². The average Bonchev–Trinajstić information content (AvgIpc) is 3.23. The summed E-state index contributed by atoms with van der Waals surface area (Å²) in [5.74, 6) is 1.47. The number of aromatic nitrogens is 1. The third-order valence-electron chi connectivity index (χ3n) is 4.19. The van der Waals surface area contributed by atoms with Crippen LogP contribution in [0.3, 0.4) is 0 Å². The number of nitrogens with zero attached hydrogens (tertiary/aromatic N) is 1. The molecule has 120 valence electrons. The molecule has 3 heteroatoms. The van der Waals surface area contributed by atoms with Crippen LogP contribution in [0.2, 0.25) is 0 Å². The SMILES string of the molecule is CC(C)(C)c1ccc(-c2nc3cc(-c4ccco4)ccc3o2)cc1. The molecule has 2 heterocycles. The minimum absolute atomic E-state index is 0.137. The Kier molecular flexibility index (Phi) is 3.31. The lowest BCUT2D eigenvalue weighted by Gasteiger charge is -2.18. The van der Waals surface area contributed by atoms with Gasteiger partial charge in [-0.25, -0.2) is 4.98 Å². The second kappa shape index (κ2) is 5.38. The summed E-state index contributed by atoms with van der Waals surface area (Å²) in [6.07, 6.45) is 1.67. The third kappa shape index (κ3) is 2.62. The van der Waals surface area contributed by atoms with E-state index in [1.54, 1.807) is 6.26 Å². The Balaban J connectivity index is 1.72. The Morgan fingerprint density at radius 1 is 0.875 bits per heavy atom. The van der Waals surface area contributed by atoms with Gasteiger partial charge in [-0.3, -0.25) is 0 Å². The van der Waals surface area contributed by atoms with Crippen molar-refractivity contribution in [3.05, 3.63) is 66.4 Å². The Morgan fingerprint density at radius 2 is 1.62 bits per heavy atom. The monoisotopic (exact) mass is 317 g/mol. The van der Waals surface area contributed by atoms with Crippen molar-refractivity contribution in [2.75, 3.05) is 0 Å². The molecule has 0 aliphatic carbocycles. The highest BCUT2D eigenvalue weighted by molar-refractivity contribution is 5.81. The van der Waals surface area contributed by atoms with Crippen LogP contribution >= 0.6 is 0 Å². The number of fused-ring (bicyclic) bond motifs is 1. The lowest BCUT2D eigenvalue weighted by atomic mass is 9.87. The van der Waals surface area contributed by atoms with Crippen molar-refractivity contribution in [3.63, 3.8) is 0 Å². The Morgan fingerprint density at radius 3 is 2.29 bits per heavy atom. The first-order chi connectivity index (χ1) is 11.5. The lowest BCUT2D eigenvalue weighted by Crippen LogP contribution is -2.10. The molecule has 3 nitrogen and oxygen atoms in total. The topological polar surface area (TPSA) is 39.2 Å². The Labute approximate surface area is 140 Å². The second-order valence-electron chi connectivity index (χ2n) is 7.01. The molecule has 0 aliphatic rings. The van der Waals surface area contributed by atoms with Gasteiger partial charge in [-0.2, -0.15) is 0 Å². The minimum Gasteiger partial charge on any atom is -0.464 e. The van der Waals surface area contributed by atoms with Crippen LogP contribution in [0.1, 0.15) is 26.3 Å². The number of oxazole rings is 1. The average molecular weight is 317 g/mol. The van der Waals surface area contributed by atoms with Crippen LogP contribution in [0.25, 0.3) is 33.9 Å². The summed E-state index contributed by atoms with van der Waals surface area (Å²) in [4.78, 5) is 4.64. The first-order valence-electron chi connectivity index (χ1n) is 8.06. The van der Waals surface area contributed by atoms with Crippen LogP contribution in [-0.4, -0.2) is 4.98 Å². The van der Waals surface area contributed by atoms with Gasteiger partial charge in [-0.05, 0) is 53.4 Å². The first kappa shape index (κ1) is 14.8. The normalized spacial score (nSPS) is 12.0. The summed E-state index contributed by atoms with van der Waals surface area (Å²) in [6.45, 7) is 6.62. The predicted molar refractivity (Wildman–Crippen MR) is 95.8 cm³/mol. The number of benzene rings is 2. The van der Waals surface area contributed by atoms with E-state index >= 15 is 0 Å². The van der Waals surface area contributed by atoms with Gasteiger partial charge in [0.25, 0.3) is 0 Å². The molecule has 0 unspecified atom stereocenters. The Hall–Kier alpha value is -2.81. The summed E-state index contributed by atoms with van der Waals surface area (Å²) in [6, 6.07) is 18.1. The summed E-state index contributed by atoms with van der Waals surface area (Å²) in [7, 11) is 0. The molecule has 2 aromatic heterocycles. The van der Waals surface area contributed by atoms with E-state index in [1.165, 1.54) is 5.56 Å². The van der Waals surface area contributed by atoms with Gasteiger partial charge < -0.3 is 8.83 Å².